The predicted molar refractivity (Wildman–Crippen MR) is 62.4 cm³/mol. The van der Waals surface area contributed by atoms with E-state index in [9.17, 15) is 9.59 Å². The standard InChI is InChI=1S/C11H14N2O2S/c1-11(2,3)7-5-4-6(16-7)8-9(14)13-10(15)12-8/h4-5,8H,1-3H3,(H2,12,13,14,15). The molecule has 16 heavy (non-hydrogen) atoms. The molecular weight excluding hydrogens is 224 g/mol. The van der Waals surface area contributed by atoms with Crippen LogP contribution in [0.3, 0.4) is 0 Å². The van der Waals surface area contributed by atoms with E-state index in [2.05, 4.69) is 31.4 Å². The Morgan fingerprint density at radius 3 is 2.38 bits per heavy atom. The third-order valence-corrected chi connectivity index (χ3v) is 4.00. The molecule has 1 aliphatic heterocycles. The molecule has 0 aromatic carbocycles. The van der Waals surface area contributed by atoms with Crippen molar-refractivity contribution < 1.29 is 9.59 Å². The van der Waals surface area contributed by atoms with Crippen molar-refractivity contribution in [2.75, 3.05) is 0 Å². The molecule has 2 heterocycles. The van der Waals surface area contributed by atoms with Crippen molar-refractivity contribution in [1.82, 2.24) is 10.6 Å². The SMILES string of the molecule is CC(C)(C)c1ccc(C2NC(=O)NC2=O)s1. The first kappa shape index (κ1) is 11.1. The summed E-state index contributed by atoms with van der Waals surface area (Å²) < 4.78 is 0. The zero-order valence-electron chi connectivity index (χ0n) is 9.46. The molecule has 5 heteroatoms. The van der Waals surface area contributed by atoms with Gasteiger partial charge in [-0.05, 0) is 17.5 Å². The van der Waals surface area contributed by atoms with Gasteiger partial charge < -0.3 is 5.32 Å². The maximum atomic E-state index is 11.5. The molecule has 1 aromatic rings. The minimum absolute atomic E-state index is 0.0714. The van der Waals surface area contributed by atoms with Crippen LogP contribution in [0, 0.1) is 0 Å². The van der Waals surface area contributed by atoms with Crippen LogP contribution in [-0.4, -0.2) is 11.9 Å². The van der Waals surface area contributed by atoms with Crippen molar-refractivity contribution in [3.63, 3.8) is 0 Å². The number of urea groups is 1. The molecule has 0 saturated carbocycles. The molecule has 1 aromatic heterocycles. The van der Waals surface area contributed by atoms with Gasteiger partial charge in [-0.1, -0.05) is 20.8 Å². The van der Waals surface area contributed by atoms with Crippen molar-refractivity contribution in [3.8, 4) is 0 Å². The van der Waals surface area contributed by atoms with Gasteiger partial charge in [0.15, 0.2) is 0 Å². The molecule has 1 saturated heterocycles. The van der Waals surface area contributed by atoms with E-state index in [4.69, 9.17) is 0 Å². The number of amides is 3. The lowest BCUT2D eigenvalue weighted by atomic mass is 9.95. The lowest BCUT2D eigenvalue weighted by Crippen LogP contribution is -2.22. The molecule has 86 valence electrons. The van der Waals surface area contributed by atoms with E-state index in [-0.39, 0.29) is 11.3 Å². The molecule has 4 nitrogen and oxygen atoms in total. The Hall–Kier alpha value is -1.36. The molecule has 0 spiro atoms. The van der Waals surface area contributed by atoms with Crippen molar-refractivity contribution in [1.29, 1.82) is 0 Å². The molecule has 0 aliphatic carbocycles. The first-order valence-corrected chi connectivity index (χ1v) is 5.91. The fraction of sp³-hybridized carbons (Fsp3) is 0.455. The highest BCUT2D eigenvalue weighted by molar-refractivity contribution is 7.12. The van der Waals surface area contributed by atoms with Crippen LogP contribution in [0.5, 0.6) is 0 Å². The monoisotopic (exact) mass is 238 g/mol. The van der Waals surface area contributed by atoms with Crippen molar-refractivity contribution >= 4 is 23.3 Å². The Morgan fingerprint density at radius 2 is 1.94 bits per heavy atom. The number of hydrogen-bond acceptors (Lipinski definition) is 3. The fourth-order valence-electron chi connectivity index (χ4n) is 1.53. The molecule has 2 rings (SSSR count). The summed E-state index contributed by atoms with van der Waals surface area (Å²) in [5.74, 6) is -0.271. The second-order valence-electron chi connectivity index (χ2n) is 4.85. The molecular formula is C11H14N2O2S. The zero-order valence-corrected chi connectivity index (χ0v) is 10.3. The first-order chi connectivity index (χ1) is 7.38. The van der Waals surface area contributed by atoms with Gasteiger partial charge in [-0.15, -0.1) is 11.3 Å². The Balaban J connectivity index is 2.26. The van der Waals surface area contributed by atoms with Crippen LogP contribution in [0.1, 0.15) is 36.6 Å². The summed E-state index contributed by atoms with van der Waals surface area (Å²) in [7, 11) is 0. The molecule has 1 atom stereocenters. The second-order valence-corrected chi connectivity index (χ2v) is 5.96. The van der Waals surface area contributed by atoms with Crippen LogP contribution >= 0.6 is 11.3 Å². The minimum atomic E-state index is -0.520. The highest BCUT2D eigenvalue weighted by Gasteiger charge is 2.32. The zero-order chi connectivity index (χ0) is 11.9. The van der Waals surface area contributed by atoms with Gasteiger partial charge >= 0.3 is 6.03 Å². The Labute approximate surface area is 98.0 Å². The number of nitrogens with one attached hydrogen (secondary N) is 2. The van der Waals surface area contributed by atoms with E-state index in [0.29, 0.717) is 0 Å². The lowest BCUT2D eigenvalue weighted by Gasteiger charge is -2.15. The predicted octanol–water partition coefficient (Wildman–Crippen LogP) is 1.93. The molecule has 1 fully saturated rings. The smallest absolute Gasteiger partial charge is 0.321 e. The Bertz CT molecular complexity index is 445. The van der Waals surface area contributed by atoms with E-state index < -0.39 is 12.1 Å². The van der Waals surface area contributed by atoms with Gasteiger partial charge in [0, 0.05) is 9.75 Å². The van der Waals surface area contributed by atoms with Gasteiger partial charge in [0.05, 0.1) is 0 Å². The van der Waals surface area contributed by atoms with Crippen molar-refractivity contribution in [2.24, 2.45) is 0 Å². The first-order valence-electron chi connectivity index (χ1n) is 5.09. The van der Waals surface area contributed by atoms with Crippen LogP contribution in [0.15, 0.2) is 12.1 Å². The van der Waals surface area contributed by atoms with Crippen LogP contribution in [0.2, 0.25) is 0 Å². The summed E-state index contributed by atoms with van der Waals surface area (Å²) >= 11 is 1.57. The Morgan fingerprint density at radius 1 is 1.25 bits per heavy atom. The quantitative estimate of drug-likeness (QED) is 0.734. The van der Waals surface area contributed by atoms with Crippen LogP contribution < -0.4 is 10.6 Å². The summed E-state index contributed by atoms with van der Waals surface area (Å²) in [5.41, 5.74) is 0.0714. The number of carbonyl (C=O) groups excluding carboxylic acids is 2. The highest BCUT2D eigenvalue weighted by Crippen LogP contribution is 2.33. The Kier molecular flexibility index (Phi) is 2.50. The largest absolute Gasteiger partial charge is 0.322 e. The van der Waals surface area contributed by atoms with Crippen LogP contribution in [0.25, 0.3) is 0 Å². The molecule has 0 bridgehead atoms. The molecule has 1 unspecified atom stereocenters. The fourth-order valence-corrected chi connectivity index (χ4v) is 2.64. The highest BCUT2D eigenvalue weighted by atomic mass is 32.1. The number of carbonyl (C=O) groups is 2. The third kappa shape index (κ3) is 1.95. The number of thiophene rings is 1. The summed E-state index contributed by atoms with van der Waals surface area (Å²) in [5, 5.41) is 4.83. The van der Waals surface area contributed by atoms with Crippen LogP contribution in [-0.2, 0) is 10.2 Å². The maximum Gasteiger partial charge on any atom is 0.322 e. The van der Waals surface area contributed by atoms with Gasteiger partial charge in [0.2, 0.25) is 0 Å². The molecule has 1 aliphatic rings. The second kappa shape index (κ2) is 3.59. The van der Waals surface area contributed by atoms with E-state index in [1.54, 1.807) is 11.3 Å². The molecule has 2 N–H and O–H groups in total. The van der Waals surface area contributed by atoms with Gasteiger partial charge in [0.1, 0.15) is 6.04 Å². The van der Waals surface area contributed by atoms with Gasteiger partial charge in [-0.3, -0.25) is 10.1 Å². The third-order valence-electron chi connectivity index (χ3n) is 2.42. The summed E-state index contributed by atoms with van der Waals surface area (Å²) in [6.07, 6.45) is 0. The number of hydrogen-bond donors (Lipinski definition) is 2. The molecule has 3 amide bonds. The van der Waals surface area contributed by atoms with E-state index in [1.807, 2.05) is 12.1 Å². The minimum Gasteiger partial charge on any atom is -0.321 e. The van der Waals surface area contributed by atoms with E-state index in [0.717, 1.165) is 4.88 Å². The van der Waals surface area contributed by atoms with Gasteiger partial charge in [0.25, 0.3) is 5.91 Å². The molecule has 0 radical (unpaired) electrons. The van der Waals surface area contributed by atoms with Crippen LogP contribution in [0.4, 0.5) is 4.79 Å². The average molecular weight is 238 g/mol. The number of rotatable bonds is 1. The van der Waals surface area contributed by atoms with Crippen molar-refractivity contribution in [3.05, 3.63) is 21.9 Å². The van der Waals surface area contributed by atoms with E-state index >= 15 is 0 Å². The van der Waals surface area contributed by atoms with Crippen molar-refractivity contribution in [2.45, 2.75) is 32.2 Å². The van der Waals surface area contributed by atoms with E-state index in [1.165, 1.54) is 4.88 Å². The van der Waals surface area contributed by atoms with Gasteiger partial charge in [-0.2, -0.15) is 0 Å². The lowest BCUT2D eigenvalue weighted by molar-refractivity contribution is -0.120. The summed E-state index contributed by atoms with van der Waals surface area (Å²) in [4.78, 5) is 24.5. The van der Waals surface area contributed by atoms with Gasteiger partial charge in [-0.25, -0.2) is 4.79 Å². The number of imide groups is 1. The average Bonchev–Trinajstić information content (AvgIpc) is 2.70. The topological polar surface area (TPSA) is 58.2 Å². The normalized spacial score (nSPS) is 20.8. The summed E-state index contributed by atoms with van der Waals surface area (Å²) in [6, 6.07) is 2.98. The summed E-state index contributed by atoms with van der Waals surface area (Å²) in [6.45, 7) is 6.36. The maximum absolute atomic E-state index is 11.5.